The standard InChI is InChI=1S/C17H22N2O6S/c20-16(18-12-9-10-3-4-11(12)8-10)13-2-1-7-19(13)26(23,24)15-6-5-14(25-15)17(21)22/h5-6,10-13H,1-4,7-9H2,(H,18,20)(H,21,22). The molecule has 142 valence electrons. The van der Waals surface area contributed by atoms with E-state index < -0.39 is 32.9 Å². The van der Waals surface area contributed by atoms with Crippen molar-refractivity contribution in [2.24, 2.45) is 11.8 Å². The van der Waals surface area contributed by atoms with Gasteiger partial charge >= 0.3 is 5.97 Å². The molecule has 9 heteroatoms. The normalized spacial score (nSPS) is 31.4. The number of aromatic carboxylic acids is 1. The highest BCUT2D eigenvalue weighted by Crippen LogP contribution is 2.44. The van der Waals surface area contributed by atoms with Crippen LogP contribution in [0.3, 0.4) is 0 Å². The van der Waals surface area contributed by atoms with Crippen molar-refractivity contribution < 1.29 is 27.5 Å². The Hall–Kier alpha value is -1.87. The van der Waals surface area contributed by atoms with Crippen molar-refractivity contribution in [2.45, 2.75) is 55.7 Å². The summed E-state index contributed by atoms with van der Waals surface area (Å²) in [6.45, 7) is 0.222. The maximum Gasteiger partial charge on any atom is 0.371 e. The molecule has 3 fully saturated rings. The number of fused-ring (bicyclic) bond motifs is 2. The molecule has 4 rings (SSSR count). The minimum atomic E-state index is -4.05. The van der Waals surface area contributed by atoms with Crippen LogP contribution < -0.4 is 5.32 Å². The van der Waals surface area contributed by atoms with Crippen molar-refractivity contribution in [3.63, 3.8) is 0 Å². The molecule has 2 saturated carbocycles. The average molecular weight is 382 g/mol. The van der Waals surface area contributed by atoms with E-state index in [1.165, 1.54) is 6.42 Å². The molecule has 0 radical (unpaired) electrons. The van der Waals surface area contributed by atoms with Gasteiger partial charge in [-0.1, -0.05) is 6.42 Å². The van der Waals surface area contributed by atoms with Gasteiger partial charge in [0.25, 0.3) is 10.0 Å². The third kappa shape index (κ3) is 2.92. The lowest BCUT2D eigenvalue weighted by Crippen LogP contribution is -2.49. The Balaban J connectivity index is 1.50. The molecule has 2 aliphatic carbocycles. The second-order valence-corrected chi connectivity index (χ2v) is 9.31. The van der Waals surface area contributed by atoms with Crippen LogP contribution in [0.25, 0.3) is 0 Å². The number of carboxylic acids is 1. The maximum absolute atomic E-state index is 12.8. The van der Waals surface area contributed by atoms with Crippen LogP contribution in [0.15, 0.2) is 21.6 Å². The number of nitrogens with one attached hydrogen (secondary N) is 1. The van der Waals surface area contributed by atoms with E-state index in [1.807, 2.05) is 0 Å². The Morgan fingerprint density at radius 1 is 1.19 bits per heavy atom. The number of amides is 1. The van der Waals surface area contributed by atoms with Crippen molar-refractivity contribution in [2.75, 3.05) is 6.54 Å². The van der Waals surface area contributed by atoms with Crippen LogP contribution in [-0.2, 0) is 14.8 Å². The van der Waals surface area contributed by atoms with Crippen molar-refractivity contribution in [3.05, 3.63) is 17.9 Å². The number of nitrogens with zero attached hydrogens (tertiary/aromatic N) is 1. The van der Waals surface area contributed by atoms with Gasteiger partial charge in [-0.3, -0.25) is 4.79 Å². The van der Waals surface area contributed by atoms with Gasteiger partial charge in [0, 0.05) is 12.6 Å². The molecule has 1 aliphatic heterocycles. The maximum atomic E-state index is 12.8. The van der Waals surface area contributed by atoms with Gasteiger partial charge in [-0.05, 0) is 56.1 Å². The van der Waals surface area contributed by atoms with E-state index in [0.29, 0.717) is 24.7 Å². The van der Waals surface area contributed by atoms with E-state index in [1.54, 1.807) is 0 Å². The lowest BCUT2D eigenvalue weighted by Gasteiger charge is -2.27. The molecule has 2 heterocycles. The van der Waals surface area contributed by atoms with Crippen LogP contribution in [0, 0.1) is 11.8 Å². The molecular formula is C17H22N2O6S. The summed E-state index contributed by atoms with van der Waals surface area (Å²) in [7, 11) is -4.05. The van der Waals surface area contributed by atoms with Crippen molar-refractivity contribution in [3.8, 4) is 0 Å². The number of sulfonamides is 1. The zero-order valence-corrected chi connectivity index (χ0v) is 15.1. The number of furan rings is 1. The highest BCUT2D eigenvalue weighted by atomic mass is 32.2. The SMILES string of the molecule is O=C(O)c1ccc(S(=O)(=O)N2CCCC2C(=O)NC2CC3CCC2C3)o1. The summed E-state index contributed by atoms with van der Waals surface area (Å²) >= 11 is 0. The van der Waals surface area contributed by atoms with Crippen LogP contribution in [0.4, 0.5) is 0 Å². The molecule has 4 unspecified atom stereocenters. The summed E-state index contributed by atoms with van der Waals surface area (Å²) in [6, 6.07) is 1.61. The molecule has 4 atom stereocenters. The summed E-state index contributed by atoms with van der Waals surface area (Å²) < 4.78 is 31.7. The fourth-order valence-corrected chi connectivity index (χ4v) is 6.25. The molecule has 0 aromatic carbocycles. The molecule has 2 N–H and O–H groups in total. The van der Waals surface area contributed by atoms with E-state index in [4.69, 9.17) is 9.52 Å². The fourth-order valence-electron chi connectivity index (χ4n) is 4.68. The minimum Gasteiger partial charge on any atom is -0.475 e. The van der Waals surface area contributed by atoms with E-state index in [-0.39, 0.29) is 18.5 Å². The van der Waals surface area contributed by atoms with Crippen molar-refractivity contribution >= 4 is 21.9 Å². The van der Waals surface area contributed by atoms with E-state index in [9.17, 15) is 18.0 Å². The predicted octanol–water partition coefficient (Wildman–Crippen LogP) is 1.44. The van der Waals surface area contributed by atoms with Crippen LogP contribution in [0.5, 0.6) is 0 Å². The number of hydrogen-bond donors (Lipinski definition) is 2. The Labute approximate surface area is 151 Å². The quantitative estimate of drug-likeness (QED) is 0.796. The molecular weight excluding hydrogens is 360 g/mol. The Morgan fingerprint density at radius 2 is 2.00 bits per heavy atom. The lowest BCUT2D eigenvalue weighted by molar-refractivity contribution is -0.125. The highest BCUT2D eigenvalue weighted by molar-refractivity contribution is 7.89. The topological polar surface area (TPSA) is 117 Å². The first-order chi connectivity index (χ1) is 12.4. The third-order valence-corrected chi connectivity index (χ3v) is 7.71. The van der Waals surface area contributed by atoms with Gasteiger partial charge in [0.1, 0.15) is 6.04 Å². The Bertz CT molecular complexity index is 832. The minimum absolute atomic E-state index is 0.147. The molecule has 1 aromatic rings. The van der Waals surface area contributed by atoms with Gasteiger partial charge < -0.3 is 14.8 Å². The summed E-state index contributed by atoms with van der Waals surface area (Å²) in [6.07, 6.45) is 5.54. The third-order valence-electron chi connectivity index (χ3n) is 5.93. The fraction of sp³-hybridized carbons (Fsp3) is 0.647. The second-order valence-electron chi connectivity index (χ2n) is 7.49. The monoisotopic (exact) mass is 382 g/mol. The van der Waals surface area contributed by atoms with Crippen LogP contribution in [-0.4, -0.2) is 48.3 Å². The summed E-state index contributed by atoms with van der Waals surface area (Å²) in [5.74, 6) is -0.831. The number of carboxylic acid groups (broad SMARTS) is 1. The molecule has 2 bridgehead atoms. The summed E-state index contributed by atoms with van der Waals surface area (Å²) in [5.41, 5.74) is 0. The van der Waals surface area contributed by atoms with Gasteiger partial charge in [0.2, 0.25) is 16.8 Å². The number of carbonyl (C=O) groups is 2. The number of rotatable bonds is 5. The highest BCUT2D eigenvalue weighted by Gasteiger charge is 2.44. The Kier molecular flexibility index (Phi) is 4.31. The van der Waals surface area contributed by atoms with Crippen molar-refractivity contribution in [1.82, 2.24) is 9.62 Å². The Morgan fingerprint density at radius 3 is 2.62 bits per heavy atom. The van der Waals surface area contributed by atoms with Gasteiger partial charge in [-0.25, -0.2) is 13.2 Å². The van der Waals surface area contributed by atoms with Crippen LogP contribution >= 0.6 is 0 Å². The van der Waals surface area contributed by atoms with Gasteiger partial charge in [0.15, 0.2) is 0 Å². The zero-order chi connectivity index (χ0) is 18.5. The van der Waals surface area contributed by atoms with E-state index >= 15 is 0 Å². The van der Waals surface area contributed by atoms with E-state index in [0.717, 1.165) is 35.7 Å². The van der Waals surface area contributed by atoms with E-state index in [2.05, 4.69) is 5.32 Å². The first kappa shape index (κ1) is 17.5. The smallest absolute Gasteiger partial charge is 0.371 e. The zero-order valence-electron chi connectivity index (χ0n) is 14.3. The molecule has 1 aromatic heterocycles. The van der Waals surface area contributed by atoms with Crippen LogP contribution in [0.2, 0.25) is 0 Å². The van der Waals surface area contributed by atoms with Gasteiger partial charge in [-0.2, -0.15) is 4.31 Å². The van der Waals surface area contributed by atoms with Crippen molar-refractivity contribution in [1.29, 1.82) is 0 Å². The van der Waals surface area contributed by atoms with Gasteiger partial charge in [-0.15, -0.1) is 0 Å². The summed E-state index contributed by atoms with van der Waals surface area (Å²) in [4.78, 5) is 23.7. The predicted molar refractivity (Wildman–Crippen MR) is 90.0 cm³/mol. The first-order valence-electron chi connectivity index (χ1n) is 9.01. The average Bonchev–Trinajstić information content (AvgIpc) is 3.36. The molecule has 1 saturated heterocycles. The number of hydrogen-bond acceptors (Lipinski definition) is 5. The lowest BCUT2D eigenvalue weighted by atomic mass is 9.95. The molecule has 1 amide bonds. The molecule has 3 aliphatic rings. The first-order valence-corrected chi connectivity index (χ1v) is 10.5. The number of carbonyl (C=O) groups excluding carboxylic acids is 1. The summed E-state index contributed by atoms with van der Waals surface area (Å²) in [5, 5.41) is 11.5. The molecule has 26 heavy (non-hydrogen) atoms. The molecule has 0 spiro atoms. The largest absolute Gasteiger partial charge is 0.475 e. The van der Waals surface area contributed by atoms with Gasteiger partial charge in [0.05, 0.1) is 0 Å². The molecule has 8 nitrogen and oxygen atoms in total. The second kappa shape index (κ2) is 6.38. The van der Waals surface area contributed by atoms with Crippen LogP contribution in [0.1, 0.15) is 49.1 Å².